The Balaban J connectivity index is 2.71. The summed E-state index contributed by atoms with van der Waals surface area (Å²) in [4.78, 5) is 11.2. The lowest BCUT2D eigenvalue weighted by atomic mass is 10.1. The number of carboxylic acids is 1. The van der Waals surface area contributed by atoms with Crippen LogP contribution in [0.1, 0.15) is 21.7 Å². The van der Waals surface area contributed by atoms with E-state index < -0.39 is 5.97 Å². The second kappa shape index (κ2) is 3.97. The molecular formula is C13H13NO3. The predicted molar refractivity (Wildman–Crippen MR) is 63.9 cm³/mol. The average Bonchev–Trinajstić information content (AvgIpc) is 2.59. The third kappa shape index (κ3) is 1.89. The maximum absolute atomic E-state index is 11.2. The molecule has 0 bridgehead atoms. The Morgan fingerprint density at radius 1 is 1.12 bits per heavy atom. The SMILES string of the molecule is Cc1ccc(C)n1-c1ccc(O)cc1C(=O)O. The molecule has 0 aliphatic rings. The third-order valence-electron chi connectivity index (χ3n) is 2.72. The first-order valence-electron chi connectivity index (χ1n) is 5.22. The van der Waals surface area contributed by atoms with Gasteiger partial charge in [0.2, 0.25) is 0 Å². The molecule has 2 rings (SSSR count). The number of hydrogen-bond acceptors (Lipinski definition) is 2. The zero-order valence-corrected chi connectivity index (χ0v) is 9.64. The second-order valence-electron chi connectivity index (χ2n) is 3.96. The van der Waals surface area contributed by atoms with Gasteiger partial charge in [-0.25, -0.2) is 4.79 Å². The highest BCUT2D eigenvalue weighted by molar-refractivity contribution is 5.92. The molecule has 0 amide bonds. The molecule has 0 fully saturated rings. The maximum Gasteiger partial charge on any atom is 0.337 e. The summed E-state index contributed by atoms with van der Waals surface area (Å²) < 4.78 is 1.85. The molecule has 1 heterocycles. The van der Waals surface area contributed by atoms with Gasteiger partial charge in [0.1, 0.15) is 5.75 Å². The number of benzene rings is 1. The highest BCUT2D eigenvalue weighted by atomic mass is 16.4. The number of aryl methyl sites for hydroxylation is 2. The van der Waals surface area contributed by atoms with Gasteiger partial charge in [-0.1, -0.05) is 0 Å². The Kier molecular flexibility index (Phi) is 2.63. The molecule has 0 aliphatic carbocycles. The van der Waals surface area contributed by atoms with E-state index in [-0.39, 0.29) is 11.3 Å². The van der Waals surface area contributed by atoms with E-state index in [1.54, 1.807) is 6.07 Å². The summed E-state index contributed by atoms with van der Waals surface area (Å²) in [5.41, 5.74) is 2.56. The number of aromatic nitrogens is 1. The first-order valence-corrected chi connectivity index (χ1v) is 5.22. The molecule has 1 aromatic heterocycles. The van der Waals surface area contributed by atoms with Gasteiger partial charge in [-0.05, 0) is 44.2 Å². The number of phenols is 1. The van der Waals surface area contributed by atoms with E-state index in [2.05, 4.69) is 0 Å². The summed E-state index contributed by atoms with van der Waals surface area (Å²) >= 11 is 0. The zero-order chi connectivity index (χ0) is 12.6. The molecule has 1 aromatic carbocycles. The Bertz CT molecular complexity index is 565. The van der Waals surface area contributed by atoms with Crippen molar-refractivity contribution in [3.05, 3.63) is 47.3 Å². The standard InChI is InChI=1S/C13H13NO3/c1-8-3-4-9(2)14(8)12-6-5-10(15)7-11(12)13(16)17/h3-7,15H,1-2H3,(H,16,17). The van der Waals surface area contributed by atoms with Crippen LogP contribution in [0, 0.1) is 13.8 Å². The average molecular weight is 231 g/mol. The van der Waals surface area contributed by atoms with Crippen molar-refractivity contribution in [1.29, 1.82) is 0 Å². The topological polar surface area (TPSA) is 62.5 Å². The first kappa shape index (κ1) is 11.3. The van der Waals surface area contributed by atoms with E-state index in [9.17, 15) is 9.90 Å². The number of aromatic carboxylic acids is 1. The zero-order valence-electron chi connectivity index (χ0n) is 9.64. The van der Waals surface area contributed by atoms with Crippen molar-refractivity contribution in [3.63, 3.8) is 0 Å². The fourth-order valence-corrected chi connectivity index (χ4v) is 1.94. The summed E-state index contributed by atoms with van der Waals surface area (Å²) in [6, 6.07) is 8.21. The summed E-state index contributed by atoms with van der Waals surface area (Å²) in [6.07, 6.45) is 0. The van der Waals surface area contributed by atoms with Crippen LogP contribution in [0.2, 0.25) is 0 Å². The minimum absolute atomic E-state index is 0.0476. The van der Waals surface area contributed by atoms with E-state index in [1.165, 1.54) is 12.1 Å². The van der Waals surface area contributed by atoms with Gasteiger partial charge in [0, 0.05) is 11.4 Å². The van der Waals surface area contributed by atoms with Crippen LogP contribution in [0.5, 0.6) is 5.75 Å². The van der Waals surface area contributed by atoms with Crippen molar-refractivity contribution in [2.24, 2.45) is 0 Å². The second-order valence-corrected chi connectivity index (χ2v) is 3.96. The van der Waals surface area contributed by atoms with Crippen LogP contribution in [0.25, 0.3) is 5.69 Å². The van der Waals surface area contributed by atoms with E-state index >= 15 is 0 Å². The number of rotatable bonds is 2. The quantitative estimate of drug-likeness (QED) is 0.834. The first-order chi connectivity index (χ1) is 8.00. The minimum atomic E-state index is -1.05. The molecule has 88 valence electrons. The molecule has 4 nitrogen and oxygen atoms in total. The van der Waals surface area contributed by atoms with Crippen molar-refractivity contribution >= 4 is 5.97 Å². The lowest BCUT2D eigenvalue weighted by molar-refractivity contribution is 0.0696. The molecule has 4 heteroatoms. The number of phenolic OH excluding ortho intramolecular Hbond substituents is 1. The van der Waals surface area contributed by atoms with Crippen LogP contribution in [0.4, 0.5) is 0 Å². The van der Waals surface area contributed by atoms with Gasteiger partial charge < -0.3 is 14.8 Å². The van der Waals surface area contributed by atoms with E-state index in [1.807, 2.05) is 30.5 Å². The fraction of sp³-hybridized carbons (Fsp3) is 0.154. The largest absolute Gasteiger partial charge is 0.508 e. The number of nitrogens with zero attached hydrogens (tertiary/aromatic N) is 1. The predicted octanol–water partition coefficient (Wildman–Crippen LogP) is 2.50. The molecule has 0 unspecified atom stereocenters. The maximum atomic E-state index is 11.2. The fourth-order valence-electron chi connectivity index (χ4n) is 1.94. The van der Waals surface area contributed by atoms with Crippen molar-refractivity contribution in [3.8, 4) is 11.4 Å². The molecule has 17 heavy (non-hydrogen) atoms. The Labute approximate surface area is 98.8 Å². The van der Waals surface area contributed by atoms with Gasteiger partial charge >= 0.3 is 5.97 Å². The Morgan fingerprint density at radius 2 is 1.71 bits per heavy atom. The van der Waals surface area contributed by atoms with Gasteiger partial charge in [0.25, 0.3) is 0 Å². The van der Waals surface area contributed by atoms with Crippen molar-refractivity contribution in [2.45, 2.75) is 13.8 Å². The lowest BCUT2D eigenvalue weighted by Crippen LogP contribution is -2.07. The normalized spacial score (nSPS) is 10.5. The van der Waals surface area contributed by atoms with E-state index in [0.717, 1.165) is 11.4 Å². The summed E-state index contributed by atoms with van der Waals surface area (Å²) in [6.45, 7) is 3.82. The highest BCUT2D eigenvalue weighted by Gasteiger charge is 2.14. The Hall–Kier alpha value is -2.23. The number of carbonyl (C=O) groups is 1. The van der Waals surface area contributed by atoms with Crippen molar-refractivity contribution in [1.82, 2.24) is 4.57 Å². The molecule has 0 spiro atoms. The molecule has 2 N–H and O–H groups in total. The number of carboxylic acid groups (broad SMARTS) is 1. The van der Waals surface area contributed by atoms with Crippen molar-refractivity contribution in [2.75, 3.05) is 0 Å². The molecule has 0 saturated heterocycles. The van der Waals surface area contributed by atoms with Gasteiger partial charge in [-0.2, -0.15) is 0 Å². The van der Waals surface area contributed by atoms with Crippen LogP contribution in [-0.2, 0) is 0 Å². The van der Waals surface area contributed by atoms with Crippen LogP contribution in [0.3, 0.4) is 0 Å². The van der Waals surface area contributed by atoms with Crippen molar-refractivity contribution < 1.29 is 15.0 Å². The molecule has 0 atom stereocenters. The van der Waals surface area contributed by atoms with Gasteiger partial charge in [-0.3, -0.25) is 0 Å². The minimum Gasteiger partial charge on any atom is -0.508 e. The summed E-state index contributed by atoms with van der Waals surface area (Å²) in [5.74, 6) is -1.10. The monoisotopic (exact) mass is 231 g/mol. The Morgan fingerprint density at radius 3 is 2.24 bits per heavy atom. The van der Waals surface area contributed by atoms with Crippen LogP contribution in [0.15, 0.2) is 30.3 Å². The van der Waals surface area contributed by atoms with Gasteiger partial charge in [-0.15, -0.1) is 0 Å². The summed E-state index contributed by atoms with van der Waals surface area (Å²) in [7, 11) is 0. The van der Waals surface area contributed by atoms with Gasteiger partial charge in [0.15, 0.2) is 0 Å². The molecule has 2 aromatic rings. The summed E-state index contributed by atoms with van der Waals surface area (Å²) in [5, 5.41) is 18.5. The molecule has 0 radical (unpaired) electrons. The number of aromatic hydroxyl groups is 1. The molecule has 0 saturated carbocycles. The molecule has 0 aliphatic heterocycles. The smallest absolute Gasteiger partial charge is 0.337 e. The number of hydrogen-bond donors (Lipinski definition) is 2. The van der Waals surface area contributed by atoms with E-state index in [4.69, 9.17) is 5.11 Å². The van der Waals surface area contributed by atoms with Crippen LogP contribution in [-0.4, -0.2) is 20.7 Å². The highest BCUT2D eigenvalue weighted by Crippen LogP contribution is 2.23. The lowest BCUT2D eigenvalue weighted by Gasteiger charge is -2.12. The third-order valence-corrected chi connectivity index (χ3v) is 2.72. The van der Waals surface area contributed by atoms with Crippen LogP contribution >= 0.6 is 0 Å². The molecular weight excluding hydrogens is 218 g/mol. The van der Waals surface area contributed by atoms with E-state index in [0.29, 0.717) is 5.69 Å². The van der Waals surface area contributed by atoms with Gasteiger partial charge in [0.05, 0.1) is 11.3 Å². The van der Waals surface area contributed by atoms with Crippen LogP contribution < -0.4 is 0 Å².